The van der Waals surface area contributed by atoms with E-state index in [1.54, 1.807) is 0 Å². The molecular weight excluding hydrogens is 558 g/mol. The summed E-state index contributed by atoms with van der Waals surface area (Å²) < 4.78 is 80.2. The first-order valence-electron chi connectivity index (χ1n) is 13.1. The van der Waals surface area contributed by atoms with E-state index in [1.165, 1.54) is 24.4 Å². The molecule has 0 spiro atoms. The largest absolute Gasteiger partial charge is 0.468 e. The number of pyridine rings is 1. The molecule has 2 aromatic rings. The zero-order valence-corrected chi connectivity index (χ0v) is 21.9. The first kappa shape index (κ1) is 30.6. The van der Waals surface area contributed by atoms with Crippen LogP contribution in [0.5, 0.6) is 5.88 Å². The summed E-state index contributed by atoms with van der Waals surface area (Å²) in [4.78, 5) is 30.7. The van der Waals surface area contributed by atoms with E-state index in [9.17, 15) is 41.0 Å². The highest BCUT2D eigenvalue weighted by atomic mass is 19.4. The van der Waals surface area contributed by atoms with Gasteiger partial charge in [-0.05, 0) is 56.4 Å². The van der Waals surface area contributed by atoms with Gasteiger partial charge in [-0.1, -0.05) is 6.07 Å². The highest BCUT2D eigenvalue weighted by molar-refractivity contribution is 5.96. The van der Waals surface area contributed by atoms with Gasteiger partial charge in [0.05, 0.1) is 17.7 Å². The lowest BCUT2D eigenvalue weighted by molar-refractivity contribution is -0.154. The molecule has 1 aliphatic heterocycles. The van der Waals surface area contributed by atoms with E-state index >= 15 is 0 Å². The fraction of sp³-hybridized carbons (Fsp3) is 0.519. The first-order valence-corrected chi connectivity index (χ1v) is 13.1. The van der Waals surface area contributed by atoms with Crippen molar-refractivity contribution in [1.29, 1.82) is 0 Å². The monoisotopic (exact) mass is 588 g/mol. The summed E-state index contributed by atoms with van der Waals surface area (Å²) in [6.07, 6.45) is -4.86. The van der Waals surface area contributed by atoms with Crippen molar-refractivity contribution in [1.82, 2.24) is 20.5 Å². The van der Waals surface area contributed by atoms with Crippen LogP contribution < -0.4 is 15.4 Å². The Morgan fingerprint density at radius 1 is 1.07 bits per heavy atom. The smallest absolute Gasteiger partial charge is 0.422 e. The Morgan fingerprint density at radius 3 is 2.44 bits per heavy atom. The van der Waals surface area contributed by atoms with Gasteiger partial charge in [0.2, 0.25) is 11.8 Å². The molecular formula is C27H30F6N4O4. The van der Waals surface area contributed by atoms with Crippen molar-refractivity contribution in [3.8, 4) is 5.88 Å². The molecule has 3 N–H and O–H groups in total. The number of carbonyl (C=O) groups excluding carboxylic acids is 2. The number of rotatable bonds is 8. The van der Waals surface area contributed by atoms with Crippen LogP contribution in [0, 0.1) is 0 Å². The third-order valence-electron chi connectivity index (χ3n) is 7.40. The summed E-state index contributed by atoms with van der Waals surface area (Å²) in [5.74, 6) is -1.42. The van der Waals surface area contributed by atoms with Gasteiger partial charge in [0.1, 0.15) is 0 Å². The maximum absolute atomic E-state index is 12.9. The number of alkyl halides is 6. The fourth-order valence-electron chi connectivity index (χ4n) is 5.25. The van der Waals surface area contributed by atoms with E-state index in [0.29, 0.717) is 44.2 Å². The molecule has 1 atom stereocenters. The molecule has 1 aromatic carbocycles. The van der Waals surface area contributed by atoms with E-state index in [0.717, 1.165) is 24.7 Å². The molecule has 2 heterocycles. The predicted octanol–water partition coefficient (Wildman–Crippen LogP) is 3.79. The number of aromatic nitrogens is 1. The number of carbonyl (C=O) groups is 2. The second-order valence-electron chi connectivity index (χ2n) is 10.4. The molecule has 0 radical (unpaired) electrons. The van der Waals surface area contributed by atoms with Crippen LogP contribution in [0.15, 0.2) is 42.6 Å². The predicted molar refractivity (Wildman–Crippen MR) is 134 cm³/mol. The highest BCUT2D eigenvalue weighted by Crippen LogP contribution is 2.39. The second kappa shape index (κ2) is 12.2. The van der Waals surface area contributed by atoms with Gasteiger partial charge in [-0.15, -0.1) is 0 Å². The van der Waals surface area contributed by atoms with Crippen molar-refractivity contribution in [3.63, 3.8) is 0 Å². The van der Waals surface area contributed by atoms with Gasteiger partial charge in [0, 0.05) is 48.6 Å². The average molecular weight is 589 g/mol. The molecule has 1 aliphatic carbocycles. The van der Waals surface area contributed by atoms with E-state index in [-0.39, 0.29) is 30.1 Å². The Morgan fingerprint density at radius 2 is 1.80 bits per heavy atom. The van der Waals surface area contributed by atoms with Gasteiger partial charge in [-0.2, -0.15) is 26.3 Å². The van der Waals surface area contributed by atoms with Crippen molar-refractivity contribution >= 4 is 11.8 Å². The number of nitrogens with one attached hydrogen (secondary N) is 2. The zero-order chi connectivity index (χ0) is 29.8. The van der Waals surface area contributed by atoms with Crippen LogP contribution in [0.2, 0.25) is 0 Å². The number of hydrogen-bond donors (Lipinski definition) is 3. The minimum atomic E-state index is -4.58. The van der Waals surface area contributed by atoms with Crippen LogP contribution in [0.4, 0.5) is 26.3 Å². The third kappa shape index (κ3) is 8.32. The van der Waals surface area contributed by atoms with Gasteiger partial charge in [-0.3, -0.25) is 14.5 Å². The molecule has 1 saturated heterocycles. The van der Waals surface area contributed by atoms with Crippen molar-refractivity contribution in [2.45, 2.75) is 62.1 Å². The number of benzene rings is 1. The van der Waals surface area contributed by atoms with E-state index < -0.39 is 41.9 Å². The lowest BCUT2D eigenvalue weighted by Gasteiger charge is -2.39. The van der Waals surface area contributed by atoms with Crippen LogP contribution in [0.3, 0.4) is 0 Å². The van der Waals surface area contributed by atoms with Crippen molar-refractivity contribution < 1.29 is 45.8 Å². The number of ether oxygens (including phenoxy) is 1. The number of likely N-dealkylation sites (tertiary alicyclic amines) is 1. The molecule has 4 rings (SSSR count). The van der Waals surface area contributed by atoms with Crippen LogP contribution >= 0.6 is 0 Å². The van der Waals surface area contributed by atoms with E-state index in [4.69, 9.17) is 0 Å². The van der Waals surface area contributed by atoms with Crippen LogP contribution in [-0.4, -0.2) is 71.3 Å². The number of halogens is 6. The lowest BCUT2D eigenvalue weighted by atomic mass is 9.78. The van der Waals surface area contributed by atoms with E-state index in [2.05, 4.69) is 25.3 Å². The first-order chi connectivity index (χ1) is 19.2. The van der Waals surface area contributed by atoms with Crippen molar-refractivity contribution in [2.75, 3.05) is 26.2 Å². The van der Waals surface area contributed by atoms with Crippen molar-refractivity contribution in [2.24, 2.45) is 0 Å². The quantitative estimate of drug-likeness (QED) is 0.406. The minimum Gasteiger partial charge on any atom is -0.468 e. The molecule has 0 bridgehead atoms. The second-order valence-corrected chi connectivity index (χ2v) is 10.4. The number of nitrogens with zero attached hydrogens (tertiary/aromatic N) is 2. The lowest BCUT2D eigenvalue weighted by Crippen LogP contribution is -2.45. The highest BCUT2D eigenvalue weighted by Gasteiger charge is 2.39. The van der Waals surface area contributed by atoms with Crippen molar-refractivity contribution in [3.05, 3.63) is 59.3 Å². The molecule has 2 amide bonds. The van der Waals surface area contributed by atoms with Gasteiger partial charge in [-0.25, -0.2) is 4.98 Å². The topological polar surface area (TPSA) is 104 Å². The molecule has 1 saturated carbocycles. The molecule has 224 valence electrons. The van der Waals surface area contributed by atoms with Gasteiger partial charge >= 0.3 is 12.4 Å². The van der Waals surface area contributed by atoms with Crippen LogP contribution in [-0.2, 0) is 16.6 Å². The molecule has 1 aromatic heterocycles. The molecule has 1 unspecified atom stereocenters. The van der Waals surface area contributed by atoms with Crippen LogP contribution in [0.25, 0.3) is 0 Å². The number of amides is 2. The molecule has 14 heteroatoms. The van der Waals surface area contributed by atoms with Gasteiger partial charge in [0.25, 0.3) is 5.91 Å². The summed E-state index contributed by atoms with van der Waals surface area (Å²) in [5, 5.41) is 16.3. The standard InChI is InChI=1S/C27H30F6N4O4/c28-26(29,30)16-41-23-5-4-19(13-34-23)25(40)9-6-21(7-10-25)37-11-8-20(15-37)36-22(38)14-35-24(39)17-2-1-3-18(12-17)27(31,32)33/h1-5,12-13,20-21,40H,6-11,14-16H2,(H,35,39)(H,36,38). The normalized spacial score (nSPS) is 23.7. The Hall–Kier alpha value is -3.39. The maximum Gasteiger partial charge on any atom is 0.422 e. The third-order valence-corrected chi connectivity index (χ3v) is 7.40. The van der Waals surface area contributed by atoms with E-state index in [1.807, 2.05) is 0 Å². The fourth-order valence-corrected chi connectivity index (χ4v) is 5.25. The van der Waals surface area contributed by atoms with Crippen LogP contribution in [0.1, 0.15) is 53.6 Å². The molecule has 41 heavy (non-hydrogen) atoms. The summed E-state index contributed by atoms with van der Waals surface area (Å²) in [6.45, 7) is -0.534. The Kier molecular flexibility index (Phi) is 9.12. The summed E-state index contributed by atoms with van der Waals surface area (Å²) in [5.41, 5.74) is -1.80. The summed E-state index contributed by atoms with van der Waals surface area (Å²) >= 11 is 0. The Balaban J connectivity index is 1.20. The van der Waals surface area contributed by atoms with Gasteiger partial charge in [0.15, 0.2) is 6.61 Å². The Labute approximate surface area is 232 Å². The van der Waals surface area contributed by atoms with Gasteiger partial charge < -0.3 is 20.5 Å². The summed E-state index contributed by atoms with van der Waals surface area (Å²) in [7, 11) is 0. The minimum absolute atomic E-state index is 0.165. The molecule has 8 nitrogen and oxygen atoms in total. The Bertz CT molecular complexity index is 1210. The zero-order valence-electron chi connectivity index (χ0n) is 21.9. The SMILES string of the molecule is O=C(CNC(=O)c1cccc(C(F)(F)F)c1)NC1CCN(C2CCC(O)(c3ccc(OCC(F)(F)F)nc3)CC2)C1. The summed E-state index contributed by atoms with van der Waals surface area (Å²) in [6, 6.07) is 6.78. The number of aliphatic hydroxyl groups is 1. The molecule has 2 fully saturated rings. The average Bonchev–Trinajstić information content (AvgIpc) is 3.38. The molecule has 2 aliphatic rings. The number of hydrogen-bond acceptors (Lipinski definition) is 6. The maximum atomic E-state index is 12.9.